The first-order valence-electron chi connectivity index (χ1n) is 6.23. The summed E-state index contributed by atoms with van der Waals surface area (Å²) in [5.41, 5.74) is 1.06. The van der Waals surface area contributed by atoms with Gasteiger partial charge in [0.1, 0.15) is 5.75 Å². The molecule has 1 aliphatic rings. The predicted octanol–water partition coefficient (Wildman–Crippen LogP) is 0.931. The molecule has 2 unspecified atom stereocenters. The van der Waals surface area contributed by atoms with Crippen molar-refractivity contribution in [2.45, 2.75) is 18.1 Å². The fraction of sp³-hybridized carbons (Fsp3) is 0.538. The van der Waals surface area contributed by atoms with E-state index in [2.05, 4.69) is 0 Å². The normalized spacial score (nSPS) is 24.1. The van der Waals surface area contributed by atoms with Gasteiger partial charge < -0.3 is 9.47 Å². The number of hydrogen-bond acceptors (Lipinski definition) is 4. The lowest BCUT2D eigenvalue weighted by Crippen LogP contribution is -2.42. The minimum absolute atomic E-state index is 0.0860. The Labute approximate surface area is 113 Å². The van der Waals surface area contributed by atoms with Gasteiger partial charge in [0.2, 0.25) is 10.0 Å². The molecule has 5 nitrogen and oxygen atoms in total. The van der Waals surface area contributed by atoms with Crippen LogP contribution in [0.4, 0.5) is 0 Å². The molecule has 1 fully saturated rings. The van der Waals surface area contributed by atoms with E-state index in [1.807, 2.05) is 24.3 Å². The monoisotopic (exact) mass is 285 g/mol. The summed E-state index contributed by atoms with van der Waals surface area (Å²) in [6.45, 7) is 0.896. The lowest BCUT2D eigenvalue weighted by molar-refractivity contribution is 0.0572. The molecule has 1 aromatic rings. The van der Waals surface area contributed by atoms with E-state index in [-0.39, 0.29) is 5.92 Å². The largest absolute Gasteiger partial charge is 0.497 e. The van der Waals surface area contributed by atoms with Gasteiger partial charge in [-0.3, -0.25) is 0 Å². The van der Waals surface area contributed by atoms with E-state index in [0.717, 1.165) is 11.3 Å². The molecule has 1 saturated heterocycles. The Morgan fingerprint density at radius 1 is 1.37 bits per heavy atom. The van der Waals surface area contributed by atoms with E-state index in [1.165, 1.54) is 0 Å². The van der Waals surface area contributed by atoms with Gasteiger partial charge in [0.25, 0.3) is 0 Å². The Bertz CT molecular complexity index is 512. The molecule has 0 saturated carbocycles. The SMILES string of the molecule is COc1ccc(CC2COCCC2S(N)(=O)=O)cc1. The second-order valence-corrected chi connectivity index (χ2v) is 6.59. The van der Waals surface area contributed by atoms with Crippen molar-refractivity contribution in [3.05, 3.63) is 29.8 Å². The first-order chi connectivity index (χ1) is 9.00. The Morgan fingerprint density at radius 3 is 2.63 bits per heavy atom. The summed E-state index contributed by atoms with van der Waals surface area (Å²) < 4.78 is 33.7. The summed E-state index contributed by atoms with van der Waals surface area (Å²) in [5, 5.41) is 4.79. The maximum Gasteiger partial charge on any atom is 0.212 e. The summed E-state index contributed by atoms with van der Waals surface area (Å²) in [6.07, 6.45) is 1.12. The molecule has 0 aliphatic carbocycles. The van der Waals surface area contributed by atoms with E-state index in [4.69, 9.17) is 14.6 Å². The van der Waals surface area contributed by atoms with Gasteiger partial charge in [0.15, 0.2) is 0 Å². The van der Waals surface area contributed by atoms with Crippen molar-refractivity contribution >= 4 is 10.0 Å². The molecular formula is C13H19NO4S. The topological polar surface area (TPSA) is 78.6 Å². The standard InChI is InChI=1S/C13H19NO4S/c1-17-12-4-2-10(3-5-12)8-11-9-18-7-6-13(11)19(14,15)16/h2-5,11,13H,6-9H2,1H3,(H2,14,15,16). The molecule has 0 spiro atoms. The van der Waals surface area contributed by atoms with Crippen LogP contribution in [0.15, 0.2) is 24.3 Å². The summed E-state index contributed by atoms with van der Waals surface area (Å²) in [7, 11) is -1.90. The predicted molar refractivity (Wildman–Crippen MR) is 72.5 cm³/mol. The first-order valence-corrected chi connectivity index (χ1v) is 7.84. The number of ether oxygens (including phenoxy) is 2. The molecule has 2 rings (SSSR count). The fourth-order valence-corrected chi connectivity index (χ4v) is 3.60. The van der Waals surface area contributed by atoms with Crippen molar-refractivity contribution in [2.75, 3.05) is 20.3 Å². The number of benzene rings is 1. The third kappa shape index (κ3) is 3.68. The molecule has 1 heterocycles. The van der Waals surface area contributed by atoms with Gasteiger partial charge in [0.05, 0.1) is 19.0 Å². The fourth-order valence-electron chi connectivity index (χ4n) is 2.46. The van der Waals surface area contributed by atoms with Crippen molar-refractivity contribution in [3.8, 4) is 5.75 Å². The molecule has 1 aromatic carbocycles. The van der Waals surface area contributed by atoms with Gasteiger partial charge in [-0.05, 0) is 30.5 Å². The third-order valence-electron chi connectivity index (χ3n) is 3.48. The van der Waals surface area contributed by atoms with Crippen LogP contribution in [0.25, 0.3) is 0 Å². The van der Waals surface area contributed by atoms with Crippen LogP contribution < -0.4 is 9.88 Å². The Hall–Kier alpha value is -1.11. The average Bonchev–Trinajstić information content (AvgIpc) is 2.39. The van der Waals surface area contributed by atoms with Gasteiger partial charge in [-0.15, -0.1) is 0 Å². The number of rotatable bonds is 4. The highest BCUT2D eigenvalue weighted by Gasteiger charge is 2.33. The number of nitrogens with two attached hydrogens (primary N) is 1. The van der Waals surface area contributed by atoms with E-state index >= 15 is 0 Å². The van der Waals surface area contributed by atoms with E-state index in [1.54, 1.807) is 7.11 Å². The third-order valence-corrected chi connectivity index (χ3v) is 4.95. The van der Waals surface area contributed by atoms with Gasteiger partial charge in [-0.1, -0.05) is 12.1 Å². The quantitative estimate of drug-likeness (QED) is 0.892. The zero-order valence-electron chi connectivity index (χ0n) is 10.9. The molecule has 0 radical (unpaired) electrons. The van der Waals surface area contributed by atoms with Crippen LogP contribution in [-0.2, 0) is 21.2 Å². The maximum absolute atomic E-state index is 11.6. The minimum atomic E-state index is -3.51. The van der Waals surface area contributed by atoms with Gasteiger partial charge >= 0.3 is 0 Å². The molecule has 1 aliphatic heterocycles. The second-order valence-electron chi connectivity index (χ2n) is 4.80. The highest BCUT2D eigenvalue weighted by Crippen LogP contribution is 2.25. The van der Waals surface area contributed by atoms with Crippen molar-refractivity contribution in [2.24, 2.45) is 11.1 Å². The Morgan fingerprint density at radius 2 is 2.05 bits per heavy atom. The number of sulfonamides is 1. The van der Waals surface area contributed by atoms with Gasteiger partial charge in [0, 0.05) is 12.5 Å². The van der Waals surface area contributed by atoms with Crippen LogP contribution in [-0.4, -0.2) is 34.0 Å². The smallest absolute Gasteiger partial charge is 0.212 e. The summed E-state index contributed by atoms with van der Waals surface area (Å²) in [6, 6.07) is 7.61. The first kappa shape index (κ1) is 14.3. The van der Waals surface area contributed by atoms with Crippen LogP contribution in [0.3, 0.4) is 0 Å². The van der Waals surface area contributed by atoms with Gasteiger partial charge in [-0.2, -0.15) is 0 Å². The summed E-state index contributed by atoms with van der Waals surface area (Å²) >= 11 is 0. The van der Waals surface area contributed by atoms with Crippen LogP contribution in [0.2, 0.25) is 0 Å². The van der Waals surface area contributed by atoms with Crippen molar-refractivity contribution in [1.29, 1.82) is 0 Å². The molecule has 2 atom stereocenters. The van der Waals surface area contributed by atoms with Gasteiger partial charge in [-0.25, -0.2) is 13.6 Å². The number of primary sulfonamides is 1. The summed E-state index contributed by atoms with van der Waals surface area (Å²) in [5.74, 6) is 0.698. The van der Waals surface area contributed by atoms with E-state index in [9.17, 15) is 8.42 Å². The summed E-state index contributed by atoms with van der Waals surface area (Å²) in [4.78, 5) is 0. The molecule has 0 aromatic heterocycles. The van der Waals surface area contributed by atoms with Crippen LogP contribution in [0, 0.1) is 5.92 Å². The van der Waals surface area contributed by atoms with E-state index < -0.39 is 15.3 Å². The Kier molecular flexibility index (Phi) is 4.44. The minimum Gasteiger partial charge on any atom is -0.497 e. The lowest BCUT2D eigenvalue weighted by atomic mass is 9.93. The molecular weight excluding hydrogens is 266 g/mol. The zero-order valence-corrected chi connectivity index (χ0v) is 11.7. The van der Waals surface area contributed by atoms with Crippen LogP contribution >= 0.6 is 0 Å². The van der Waals surface area contributed by atoms with Crippen molar-refractivity contribution in [1.82, 2.24) is 0 Å². The molecule has 0 amide bonds. The van der Waals surface area contributed by atoms with Crippen LogP contribution in [0.5, 0.6) is 5.75 Å². The van der Waals surface area contributed by atoms with Crippen molar-refractivity contribution < 1.29 is 17.9 Å². The molecule has 6 heteroatoms. The molecule has 2 N–H and O–H groups in total. The zero-order chi connectivity index (χ0) is 13.9. The van der Waals surface area contributed by atoms with E-state index in [0.29, 0.717) is 26.1 Å². The lowest BCUT2D eigenvalue weighted by Gasteiger charge is -2.29. The maximum atomic E-state index is 11.6. The van der Waals surface area contributed by atoms with Crippen LogP contribution in [0.1, 0.15) is 12.0 Å². The highest BCUT2D eigenvalue weighted by molar-refractivity contribution is 7.89. The molecule has 0 bridgehead atoms. The Balaban J connectivity index is 2.10. The second kappa shape index (κ2) is 5.90. The number of methoxy groups -OCH3 is 1. The molecule has 106 valence electrons. The molecule has 19 heavy (non-hydrogen) atoms. The highest BCUT2D eigenvalue weighted by atomic mass is 32.2. The number of hydrogen-bond donors (Lipinski definition) is 1. The van der Waals surface area contributed by atoms with Crippen molar-refractivity contribution in [3.63, 3.8) is 0 Å². The average molecular weight is 285 g/mol.